The second-order valence-electron chi connectivity index (χ2n) is 4.57. The smallest absolute Gasteiger partial charge is 0.357 e. The van der Waals surface area contributed by atoms with Gasteiger partial charge < -0.3 is 15.5 Å². The Labute approximate surface area is 107 Å². The number of hydrogen-bond acceptors (Lipinski definition) is 4. The Bertz CT molecular complexity index is 477. The van der Waals surface area contributed by atoms with Crippen molar-refractivity contribution in [2.24, 2.45) is 5.73 Å². The molecular formula is C11H13F2N3O3. The lowest BCUT2D eigenvalue weighted by Crippen LogP contribution is -2.51. The lowest BCUT2D eigenvalue weighted by atomic mass is 9.82. The molecule has 1 amide bonds. The lowest BCUT2D eigenvalue weighted by Gasteiger charge is -2.36. The zero-order chi connectivity index (χ0) is 14.1. The number of carbonyl (C=O) groups is 2. The van der Waals surface area contributed by atoms with Crippen molar-refractivity contribution in [2.45, 2.75) is 37.2 Å². The first-order chi connectivity index (χ1) is 8.85. The van der Waals surface area contributed by atoms with Gasteiger partial charge in [0.2, 0.25) is 5.92 Å². The van der Waals surface area contributed by atoms with E-state index in [9.17, 15) is 18.4 Å². The molecule has 8 heteroatoms. The van der Waals surface area contributed by atoms with Gasteiger partial charge in [-0.25, -0.2) is 18.6 Å². The number of imidazole rings is 1. The van der Waals surface area contributed by atoms with Crippen LogP contribution >= 0.6 is 0 Å². The van der Waals surface area contributed by atoms with E-state index in [0.29, 0.717) is 0 Å². The molecule has 0 unspecified atom stereocenters. The van der Waals surface area contributed by atoms with E-state index in [2.05, 4.69) is 9.97 Å². The number of alkyl halides is 2. The van der Waals surface area contributed by atoms with Gasteiger partial charge in [-0.3, -0.25) is 4.79 Å². The maximum atomic E-state index is 13.1. The van der Waals surface area contributed by atoms with Crippen LogP contribution < -0.4 is 5.73 Å². The predicted octanol–water partition coefficient (Wildman–Crippen LogP) is 1.000. The molecular weight excluding hydrogens is 260 g/mol. The number of H-pyrrole nitrogens is 1. The number of nitrogens with two attached hydrogens (primary N) is 1. The first-order valence-corrected chi connectivity index (χ1v) is 5.74. The van der Waals surface area contributed by atoms with Gasteiger partial charge in [-0.1, -0.05) is 0 Å². The highest BCUT2D eigenvalue weighted by Gasteiger charge is 2.49. The van der Waals surface area contributed by atoms with Crippen LogP contribution in [0.3, 0.4) is 0 Å². The Balaban J connectivity index is 2.13. The molecule has 0 saturated heterocycles. The molecule has 1 heterocycles. The quantitative estimate of drug-likeness (QED) is 0.802. The third-order valence-corrected chi connectivity index (χ3v) is 3.24. The van der Waals surface area contributed by atoms with Crippen LogP contribution in [0.1, 0.15) is 36.2 Å². The number of primary amides is 1. The van der Waals surface area contributed by atoms with E-state index in [1.54, 1.807) is 0 Å². The fourth-order valence-electron chi connectivity index (χ4n) is 2.02. The van der Waals surface area contributed by atoms with Gasteiger partial charge in [-0.15, -0.1) is 0 Å². The van der Waals surface area contributed by atoms with Crippen LogP contribution in [-0.4, -0.2) is 33.4 Å². The van der Waals surface area contributed by atoms with Gasteiger partial charge in [0, 0.05) is 25.7 Å². The summed E-state index contributed by atoms with van der Waals surface area (Å²) in [5.41, 5.74) is 3.58. The SMILES string of the molecule is NC(=O)C1(OC(=O)c2cnc[nH]2)CCC(F)(F)CC1. The Kier molecular flexibility index (Phi) is 3.25. The second kappa shape index (κ2) is 4.60. The number of nitrogens with one attached hydrogen (secondary N) is 1. The van der Waals surface area contributed by atoms with Gasteiger partial charge in [0.15, 0.2) is 5.60 Å². The van der Waals surface area contributed by atoms with Gasteiger partial charge in [0.05, 0.1) is 12.5 Å². The van der Waals surface area contributed by atoms with Crippen LogP contribution in [0.4, 0.5) is 8.78 Å². The van der Waals surface area contributed by atoms with Crippen LogP contribution in [0.5, 0.6) is 0 Å². The van der Waals surface area contributed by atoms with Crippen LogP contribution in [-0.2, 0) is 9.53 Å². The van der Waals surface area contributed by atoms with E-state index < -0.39 is 36.2 Å². The summed E-state index contributed by atoms with van der Waals surface area (Å²) in [4.78, 5) is 29.4. The topological polar surface area (TPSA) is 98.1 Å². The Morgan fingerprint density at radius 3 is 2.42 bits per heavy atom. The van der Waals surface area contributed by atoms with Gasteiger partial charge in [0.25, 0.3) is 5.91 Å². The number of aromatic amines is 1. The van der Waals surface area contributed by atoms with E-state index in [0.717, 1.165) is 0 Å². The average Bonchev–Trinajstić information content (AvgIpc) is 2.85. The van der Waals surface area contributed by atoms with Crippen molar-refractivity contribution in [3.8, 4) is 0 Å². The second-order valence-corrected chi connectivity index (χ2v) is 4.57. The standard InChI is InChI=1S/C11H13F2N3O3/c12-11(13)3-1-10(2-4-11,9(14)18)19-8(17)7-5-15-6-16-7/h5-6H,1-4H2,(H2,14,18)(H,15,16). The number of esters is 1. The van der Waals surface area contributed by atoms with Crippen LogP contribution in [0.25, 0.3) is 0 Å². The minimum atomic E-state index is -2.85. The zero-order valence-corrected chi connectivity index (χ0v) is 9.99. The lowest BCUT2D eigenvalue weighted by molar-refractivity contribution is -0.151. The van der Waals surface area contributed by atoms with Gasteiger partial charge in [-0.2, -0.15) is 0 Å². The van der Waals surface area contributed by atoms with E-state index >= 15 is 0 Å². The summed E-state index contributed by atoms with van der Waals surface area (Å²) >= 11 is 0. The summed E-state index contributed by atoms with van der Waals surface area (Å²) in [6.07, 6.45) is 0.847. The molecule has 1 aliphatic carbocycles. The molecule has 0 atom stereocenters. The fraction of sp³-hybridized carbons (Fsp3) is 0.545. The van der Waals surface area contributed by atoms with Crippen molar-refractivity contribution in [2.75, 3.05) is 0 Å². The molecule has 1 fully saturated rings. The number of rotatable bonds is 3. The van der Waals surface area contributed by atoms with Gasteiger partial charge >= 0.3 is 5.97 Å². The minimum absolute atomic E-state index is 0.0398. The third-order valence-electron chi connectivity index (χ3n) is 3.24. The van der Waals surface area contributed by atoms with E-state index in [4.69, 9.17) is 10.5 Å². The number of amides is 1. The molecule has 3 N–H and O–H groups in total. The number of ether oxygens (including phenoxy) is 1. The largest absolute Gasteiger partial charge is 0.444 e. The maximum absolute atomic E-state index is 13.1. The molecule has 0 radical (unpaired) electrons. The number of nitrogens with zero attached hydrogens (tertiary/aromatic N) is 1. The summed E-state index contributed by atoms with van der Waals surface area (Å²) in [7, 11) is 0. The summed E-state index contributed by atoms with van der Waals surface area (Å²) in [5, 5.41) is 0. The highest BCUT2D eigenvalue weighted by molar-refractivity contribution is 5.92. The molecule has 0 spiro atoms. The van der Waals surface area contributed by atoms with Crippen molar-refractivity contribution in [1.29, 1.82) is 0 Å². The molecule has 1 aliphatic rings. The van der Waals surface area contributed by atoms with Crippen molar-refractivity contribution >= 4 is 11.9 Å². The van der Waals surface area contributed by atoms with Crippen molar-refractivity contribution in [3.05, 3.63) is 18.2 Å². The van der Waals surface area contributed by atoms with Gasteiger partial charge in [0.1, 0.15) is 5.69 Å². The summed E-state index contributed by atoms with van der Waals surface area (Å²) in [6, 6.07) is 0. The van der Waals surface area contributed by atoms with Crippen LogP contribution in [0, 0.1) is 0 Å². The molecule has 0 aliphatic heterocycles. The Hall–Kier alpha value is -1.99. The first kappa shape index (κ1) is 13.4. The van der Waals surface area contributed by atoms with E-state index in [1.807, 2.05) is 0 Å². The minimum Gasteiger partial charge on any atom is -0.444 e. The monoisotopic (exact) mass is 273 g/mol. The molecule has 1 saturated carbocycles. The third kappa shape index (κ3) is 2.72. The van der Waals surface area contributed by atoms with E-state index in [-0.39, 0.29) is 18.5 Å². The van der Waals surface area contributed by atoms with Crippen molar-refractivity contribution in [3.63, 3.8) is 0 Å². The number of carbonyl (C=O) groups excluding carboxylic acids is 2. The maximum Gasteiger partial charge on any atom is 0.357 e. The summed E-state index contributed by atoms with van der Waals surface area (Å²) in [6.45, 7) is 0. The molecule has 104 valence electrons. The normalized spacial score (nSPS) is 20.7. The number of halogens is 2. The highest BCUT2D eigenvalue weighted by Crippen LogP contribution is 2.40. The zero-order valence-electron chi connectivity index (χ0n) is 9.99. The molecule has 0 aromatic carbocycles. The molecule has 0 bridgehead atoms. The van der Waals surface area contributed by atoms with Gasteiger partial charge in [-0.05, 0) is 0 Å². The summed E-state index contributed by atoms with van der Waals surface area (Å²) in [5.74, 6) is -4.59. The average molecular weight is 273 g/mol. The molecule has 1 aromatic heterocycles. The predicted molar refractivity (Wildman–Crippen MR) is 59.3 cm³/mol. The Morgan fingerprint density at radius 2 is 1.95 bits per heavy atom. The van der Waals surface area contributed by atoms with E-state index in [1.165, 1.54) is 12.5 Å². The first-order valence-electron chi connectivity index (χ1n) is 5.74. The van der Waals surface area contributed by atoms with Crippen molar-refractivity contribution < 1.29 is 23.1 Å². The number of aromatic nitrogens is 2. The van der Waals surface area contributed by atoms with Crippen LogP contribution in [0.15, 0.2) is 12.5 Å². The molecule has 6 nitrogen and oxygen atoms in total. The highest BCUT2D eigenvalue weighted by atomic mass is 19.3. The molecule has 1 aromatic rings. The van der Waals surface area contributed by atoms with Crippen LogP contribution in [0.2, 0.25) is 0 Å². The Morgan fingerprint density at radius 1 is 1.32 bits per heavy atom. The fourth-order valence-corrected chi connectivity index (χ4v) is 2.02. The van der Waals surface area contributed by atoms with Crippen molar-refractivity contribution in [1.82, 2.24) is 9.97 Å². The number of hydrogen-bond donors (Lipinski definition) is 2. The molecule has 2 rings (SSSR count). The summed E-state index contributed by atoms with van der Waals surface area (Å²) < 4.78 is 31.3. The molecule has 19 heavy (non-hydrogen) atoms.